The van der Waals surface area contributed by atoms with Gasteiger partial charge in [0.15, 0.2) is 5.96 Å². The highest BCUT2D eigenvalue weighted by Gasteiger charge is 2.20. The second kappa shape index (κ2) is 12.8. The van der Waals surface area contributed by atoms with Gasteiger partial charge in [-0.1, -0.05) is 18.2 Å². The molecule has 1 aliphatic rings. The van der Waals surface area contributed by atoms with Crippen LogP contribution in [0.4, 0.5) is 0 Å². The van der Waals surface area contributed by atoms with Crippen molar-refractivity contribution in [2.24, 2.45) is 4.99 Å². The van der Waals surface area contributed by atoms with E-state index in [0.717, 1.165) is 45.0 Å². The van der Waals surface area contributed by atoms with Gasteiger partial charge in [-0.3, -0.25) is 9.89 Å². The molecule has 1 aromatic heterocycles. The van der Waals surface area contributed by atoms with Crippen LogP contribution in [-0.4, -0.2) is 64.6 Å². The van der Waals surface area contributed by atoms with Gasteiger partial charge in [0, 0.05) is 38.8 Å². The predicted molar refractivity (Wildman–Crippen MR) is 128 cm³/mol. The summed E-state index contributed by atoms with van der Waals surface area (Å²) in [6.07, 6.45) is 2.12. The SMILES string of the molecule is C=C(C)CN1CCC(NC(=NCCNS(=O)(=O)c2cccs2)NCC)CC1.I. The van der Waals surface area contributed by atoms with Crippen molar-refractivity contribution in [2.45, 2.75) is 36.9 Å². The number of aliphatic imine (C=N–C) groups is 1. The molecule has 0 bridgehead atoms. The first kappa shape index (κ1) is 25.3. The van der Waals surface area contributed by atoms with Crippen LogP contribution in [0.1, 0.15) is 26.7 Å². The third-order valence-electron chi connectivity index (χ3n) is 4.20. The number of piperidine rings is 1. The molecule has 2 rings (SSSR count). The molecule has 0 aliphatic carbocycles. The molecule has 0 atom stereocenters. The van der Waals surface area contributed by atoms with E-state index in [2.05, 4.69) is 38.8 Å². The van der Waals surface area contributed by atoms with E-state index in [9.17, 15) is 8.42 Å². The van der Waals surface area contributed by atoms with Gasteiger partial charge in [-0.25, -0.2) is 13.1 Å². The van der Waals surface area contributed by atoms with Crippen molar-refractivity contribution in [2.75, 3.05) is 39.3 Å². The summed E-state index contributed by atoms with van der Waals surface area (Å²) in [5.41, 5.74) is 1.20. The van der Waals surface area contributed by atoms with E-state index in [0.29, 0.717) is 16.8 Å². The smallest absolute Gasteiger partial charge is 0.250 e. The molecule has 7 nitrogen and oxygen atoms in total. The fourth-order valence-corrected chi connectivity index (χ4v) is 5.02. The van der Waals surface area contributed by atoms with Crippen molar-refractivity contribution in [3.8, 4) is 0 Å². The summed E-state index contributed by atoms with van der Waals surface area (Å²) in [6, 6.07) is 3.71. The minimum absolute atomic E-state index is 0. The van der Waals surface area contributed by atoms with Crippen molar-refractivity contribution >= 4 is 51.3 Å². The highest BCUT2D eigenvalue weighted by atomic mass is 127. The normalized spacial score (nSPS) is 16.4. The fourth-order valence-electron chi connectivity index (χ4n) is 2.97. The highest BCUT2D eigenvalue weighted by Crippen LogP contribution is 2.15. The lowest BCUT2D eigenvalue weighted by Crippen LogP contribution is -2.49. The number of nitrogens with one attached hydrogen (secondary N) is 3. The minimum atomic E-state index is -3.42. The Kier molecular flexibility index (Phi) is 11.6. The molecule has 0 unspecified atom stereocenters. The van der Waals surface area contributed by atoms with Crippen LogP contribution in [0.5, 0.6) is 0 Å². The minimum Gasteiger partial charge on any atom is -0.357 e. The van der Waals surface area contributed by atoms with Gasteiger partial charge in [0.2, 0.25) is 10.0 Å². The Hall–Kier alpha value is -0.690. The third kappa shape index (κ3) is 8.76. The Morgan fingerprint density at radius 3 is 2.68 bits per heavy atom. The summed E-state index contributed by atoms with van der Waals surface area (Å²) in [5, 5.41) is 8.46. The number of guanidine groups is 1. The van der Waals surface area contributed by atoms with Gasteiger partial charge in [0.1, 0.15) is 4.21 Å². The molecule has 0 radical (unpaired) electrons. The first-order chi connectivity index (χ1) is 12.9. The lowest BCUT2D eigenvalue weighted by Gasteiger charge is -2.33. The van der Waals surface area contributed by atoms with E-state index in [1.807, 2.05) is 6.92 Å². The van der Waals surface area contributed by atoms with Crippen LogP contribution < -0.4 is 15.4 Å². The van der Waals surface area contributed by atoms with Crippen molar-refractivity contribution < 1.29 is 8.42 Å². The van der Waals surface area contributed by atoms with E-state index >= 15 is 0 Å². The first-order valence-electron chi connectivity index (χ1n) is 9.35. The summed E-state index contributed by atoms with van der Waals surface area (Å²) in [4.78, 5) is 6.92. The van der Waals surface area contributed by atoms with Crippen LogP contribution in [0.2, 0.25) is 0 Å². The fraction of sp³-hybridized carbons (Fsp3) is 0.611. The van der Waals surface area contributed by atoms with Gasteiger partial charge < -0.3 is 10.6 Å². The maximum absolute atomic E-state index is 12.1. The second-order valence-corrected chi connectivity index (χ2v) is 9.68. The van der Waals surface area contributed by atoms with E-state index < -0.39 is 10.0 Å². The van der Waals surface area contributed by atoms with Crippen LogP contribution in [0.25, 0.3) is 0 Å². The number of thiophene rings is 1. The Bertz CT molecular complexity index is 714. The monoisotopic (exact) mass is 541 g/mol. The third-order valence-corrected chi connectivity index (χ3v) is 7.06. The lowest BCUT2D eigenvalue weighted by atomic mass is 10.0. The van der Waals surface area contributed by atoms with E-state index in [4.69, 9.17) is 0 Å². The molecular weight excluding hydrogens is 509 g/mol. The molecule has 1 aromatic rings. The Labute approximate surface area is 190 Å². The van der Waals surface area contributed by atoms with E-state index in [1.54, 1.807) is 17.5 Å². The molecule has 1 aliphatic heterocycles. The van der Waals surface area contributed by atoms with Gasteiger partial charge in [-0.15, -0.1) is 35.3 Å². The number of rotatable bonds is 9. The topological polar surface area (TPSA) is 85.8 Å². The Balaban J connectivity index is 0.00000392. The van der Waals surface area contributed by atoms with Crippen molar-refractivity contribution in [1.82, 2.24) is 20.3 Å². The number of hydrogen-bond acceptors (Lipinski definition) is 5. The molecule has 0 saturated carbocycles. The molecule has 1 saturated heterocycles. The molecule has 28 heavy (non-hydrogen) atoms. The maximum atomic E-state index is 12.1. The molecule has 160 valence electrons. The molecule has 0 spiro atoms. The number of sulfonamides is 1. The Morgan fingerprint density at radius 1 is 1.39 bits per heavy atom. The average molecular weight is 542 g/mol. The number of likely N-dealkylation sites (tertiary alicyclic amines) is 1. The number of nitrogens with zero attached hydrogens (tertiary/aromatic N) is 2. The van der Waals surface area contributed by atoms with Crippen molar-refractivity contribution in [1.29, 1.82) is 0 Å². The maximum Gasteiger partial charge on any atom is 0.250 e. The summed E-state index contributed by atoms with van der Waals surface area (Å²) < 4.78 is 27.1. The largest absolute Gasteiger partial charge is 0.357 e. The van der Waals surface area contributed by atoms with Crippen molar-refractivity contribution in [3.05, 3.63) is 29.7 Å². The van der Waals surface area contributed by atoms with Gasteiger partial charge in [0.05, 0.1) is 6.54 Å². The molecule has 0 amide bonds. The van der Waals surface area contributed by atoms with Gasteiger partial charge in [-0.05, 0) is 38.1 Å². The van der Waals surface area contributed by atoms with E-state index in [-0.39, 0.29) is 30.5 Å². The number of halogens is 1. The number of hydrogen-bond donors (Lipinski definition) is 3. The van der Waals surface area contributed by atoms with Crippen LogP contribution in [0, 0.1) is 0 Å². The lowest BCUT2D eigenvalue weighted by molar-refractivity contribution is 0.221. The quantitative estimate of drug-likeness (QED) is 0.147. The second-order valence-electron chi connectivity index (χ2n) is 6.74. The zero-order valence-electron chi connectivity index (χ0n) is 16.6. The average Bonchev–Trinajstić information content (AvgIpc) is 3.16. The van der Waals surface area contributed by atoms with Crippen molar-refractivity contribution in [3.63, 3.8) is 0 Å². The Morgan fingerprint density at radius 2 is 2.11 bits per heavy atom. The summed E-state index contributed by atoms with van der Waals surface area (Å²) in [5.74, 6) is 0.742. The predicted octanol–water partition coefficient (Wildman–Crippen LogP) is 2.24. The highest BCUT2D eigenvalue weighted by molar-refractivity contribution is 14.0. The van der Waals surface area contributed by atoms with Gasteiger partial charge >= 0.3 is 0 Å². The molecule has 1 fully saturated rings. The van der Waals surface area contributed by atoms with Crippen LogP contribution in [-0.2, 0) is 10.0 Å². The zero-order chi connectivity index (χ0) is 19.7. The van der Waals surface area contributed by atoms with Crippen LogP contribution >= 0.6 is 35.3 Å². The van der Waals surface area contributed by atoms with Crippen LogP contribution in [0.15, 0.2) is 38.9 Å². The summed E-state index contributed by atoms with van der Waals surface area (Å²) >= 11 is 1.21. The molecule has 2 heterocycles. The molecular formula is C18H32IN5O2S2. The molecule has 10 heteroatoms. The molecule has 3 N–H and O–H groups in total. The standard InChI is InChI=1S/C18H31N5O2S2.HI/c1-4-19-18(22-16-7-11-23(12-8-16)14-15(2)3)20-9-10-21-27(24,25)17-6-5-13-26-17;/h5-6,13,16,21H,2,4,7-12,14H2,1,3H3,(H2,19,20,22);1H. The van der Waals surface area contributed by atoms with E-state index in [1.165, 1.54) is 16.9 Å². The van der Waals surface area contributed by atoms with Gasteiger partial charge in [0.25, 0.3) is 0 Å². The summed E-state index contributed by atoms with van der Waals surface area (Å²) in [7, 11) is -3.42. The first-order valence-corrected chi connectivity index (χ1v) is 11.7. The van der Waals surface area contributed by atoms with Crippen LogP contribution in [0.3, 0.4) is 0 Å². The molecule has 0 aromatic carbocycles. The zero-order valence-corrected chi connectivity index (χ0v) is 20.6. The van der Waals surface area contributed by atoms with Gasteiger partial charge in [-0.2, -0.15) is 0 Å². The summed E-state index contributed by atoms with van der Waals surface area (Å²) in [6.45, 7) is 12.5.